The molecule has 0 saturated carbocycles. The highest BCUT2D eigenvalue weighted by molar-refractivity contribution is 6.02. The molecule has 0 bridgehead atoms. The Kier molecular flexibility index (Phi) is 4.89. The Balaban J connectivity index is 1.62. The normalized spacial score (nSPS) is 10.3. The van der Waals surface area contributed by atoms with Gasteiger partial charge in [0.25, 0.3) is 5.91 Å². The lowest BCUT2D eigenvalue weighted by atomic mass is 10.1. The maximum Gasteiger partial charge on any atom is 0.291 e. The van der Waals surface area contributed by atoms with Gasteiger partial charge >= 0.3 is 0 Å². The van der Waals surface area contributed by atoms with E-state index >= 15 is 0 Å². The molecule has 25 heavy (non-hydrogen) atoms. The minimum atomic E-state index is -0.375. The van der Waals surface area contributed by atoms with E-state index in [9.17, 15) is 14.0 Å². The third kappa shape index (κ3) is 4.54. The van der Waals surface area contributed by atoms with Gasteiger partial charge in [0.05, 0.1) is 12.7 Å². The van der Waals surface area contributed by atoms with E-state index in [4.69, 9.17) is 4.42 Å². The van der Waals surface area contributed by atoms with Gasteiger partial charge in [-0.2, -0.15) is 0 Å². The summed E-state index contributed by atoms with van der Waals surface area (Å²) in [6.07, 6.45) is 1.55. The van der Waals surface area contributed by atoms with Gasteiger partial charge in [0.15, 0.2) is 5.76 Å². The van der Waals surface area contributed by atoms with Crippen molar-refractivity contribution in [1.29, 1.82) is 0 Å². The summed E-state index contributed by atoms with van der Waals surface area (Å²) in [4.78, 5) is 24.0. The summed E-state index contributed by atoms with van der Waals surface area (Å²) in [5.41, 5.74) is 1.78. The van der Waals surface area contributed by atoms with Crippen LogP contribution in [0.4, 0.5) is 15.8 Å². The molecule has 0 atom stereocenters. The Morgan fingerprint density at radius 2 is 1.64 bits per heavy atom. The second kappa shape index (κ2) is 7.44. The van der Waals surface area contributed by atoms with Gasteiger partial charge in [-0.25, -0.2) is 4.39 Å². The van der Waals surface area contributed by atoms with E-state index in [0.717, 1.165) is 0 Å². The third-order valence-electron chi connectivity index (χ3n) is 3.43. The molecule has 0 aliphatic carbocycles. The first-order valence-electron chi connectivity index (χ1n) is 7.59. The molecule has 6 heteroatoms. The van der Waals surface area contributed by atoms with E-state index < -0.39 is 0 Å². The maximum atomic E-state index is 12.9. The van der Waals surface area contributed by atoms with E-state index in [1.807, 2.05) is 0 Å². The van der Waals surface area contributed by atoms with Crippen LogP contribution in [0.5, 0.6) is 0 Å². The van der Waals surface area contributed by atoms with Gasteiger partial charge in [-0.3, -0.25) is 9.59 Å². The van der Waals surface area contributed by atoms with Crippen molar-refractivity contribution in [3.8, 4) is 0 Å². The van der Waals surface area contributed by atoms with Crippen LogP contribution >= 0.6 is 0 Å². The van der Waals surface area contributed by atoms with Crippen molar-refractivity contribution >= 4 is 23.2 Å². The van der Waals surface area contributed by atoms with Crippen molar-refractivity contribution in [2.75, 3.05) is 10.6 Å². The van der Waals surface area contributed by atoms with Crippen molar-refractivity contribution in [2.24, 2.45) is 0 Å². The lowest BCUT2D eigenvalue weighted by Crippen LogP contribution is -2.15. The molecule has 0 radical (unpaired) electrons. The van der Waals surface area contributed by atoms with Crippen LogP contribution in [0.25, 0.3) is 0 Å². The molecule has 126 valence electrons. The summed E-state index contributed by atoms with van der Waals surface area (Å²) in [7, 11) is 0. The Bertz CT molecular complexity index is 874. The fourth-order valence-corrected chi connectivity index (χ4v) is 2.27. The number of carbonyl (C=O) groups is 2. The molecule has 5 nitrogen and oxygen atoms in total. The minimum absolute atomic E-state index is 0.128. The van der Waals surface area contributed by atoms with Crippen molar-refractivity contribution in [2.45, 2.75) is 6.42 Å². The van der Waals surface area contributed by atoms with Gasteiger partial charge in [0.1, 0.15) is 5.82 Å². The van der Waals surface area contributed by atoms with Gasteiger partial charge in [0.2, 0.25) is 5.91 Å². The van der Waals surface area contributed by atoms with Gasteiger partial charge in [-0.15, -0.1) is 0 Å². The summed E-state index contributed by atoms with van der Waals surface area (Å²) in [5, 5.41) is 5.43. The molecule has 2 aromatic carbocycles. The fourth-order valence-electron chi connectivity index (χ4n) is 2.27. The molecule has 3 aromatic rings. The molecule has 3 rings (SSSR count). The summed E-state index contributed by atoms with van der Waals surface area (Å²) in [6.45, 7) is 0. The van der Waals surface area contributed by atoms with E-state index in [2.05, 4.69) is 10.6 Å². The van der Waals surface area contributed by atoms with Crippen LogP contribution in [0.3, 0.4) is 0 Å². The predicted octanol–water partition coefficient (Wildman–Crippen LogP) is 3.85. The summed E-state index contributed by atoms with van der Waals surface area (Å²) < 4.78 is 17.9. The number of rotatable bonds is 5. The summed E-state index contributed by atoms with van der Waals surface area (Å²) >= 11 is 0. The van der Waals surface area contributed by atoms with Crippen molar-refractivity contribution in [1.82, 2.24) is 0 Å². The van der Waals surface area contributed by atoms with Crippen molar-refractivity contribution in [3.05, 3.63) is 84.1 Å². The second-order valence-corrected chi connectivity index (χ2v) is 5.36. The van der Waals surface area contributed by atoms with Gasteiger partial charge in [-0.05, 0) is 48.0 Å². The number of halogens is 1. The first-order valence-corrected chi connectivity index (χ1v) is 7.59. The highest BCUT2D eigenvalue weighted by Gasteiger charge is 2.10. The zero-order valence-corrected chi connectivity index (χ0v) is 13.2. The number of benzene rings is 2. The number of hydrogen-bond donors (Lipinski definition) is 2. The molecule has 2 N–H and O–H groups in total. The van der Waals surface area contributed by atoms with Crippen LogP contribution in [0.1, 0.15) is 16.1 Å². The quantitative estimate of drug-likeness (QED) is 0.742. The Labute approximate surface area is 143 Å². The summed E-state index contributed by atoms with van der Waals surface area (Å²) in [5.74, 6) is -0.754. The van der Waals surface area contributed by atoms with Gasteiger partial charge in [-0.1, -0.05) is 18.2 Å². The number of furan rings is 1. The number of amides is 2. The van der Waals surface area contributed by atoms with Crippen LogP contribution in [0, 0.1) is 5.82 Å². The molecule has 1 aromatic heterocycles. The largest absolute Gasteiger partial charge is 0.459 e. The zero-order valence-electron chi connectivity index (χ0n) is 13.2. The van der Waals surface area contributed by atoms with E-state index in [0.29, 0.717) is 16.9 Å². The molecular formula is C19H15FN2O3. The molecule has 1 heterocycles. The lowest BCUT2D eigenvalue weighted by Gasteiger charge is -2.08. The lowest BCUT2D eigenvalue weighted by molar-refractivity contribution is -0.115. The van der Waals surface area contributed by atoms with Gasteiger partial charge < -0.3 is 15.1 Å². The molecule has 0 spiro atoms. The second-order valence-electron chi connectivity index (χ2n) is 5.36. The van der Waals surface area contributed by atoms with Crippen molar-refractivity contribution < 1.29 is 18.4 Å². The minimum Gasteiger partial charge on any atom is -0.459 e. The Morgan fingerprint density at radius 3 is 2.32 bits per heavy atom. The smallest absolute Gasteiger partial charge is 0.291 e. The highest BCUT2D eigenvalue weighted by atomic mass is 19.1. The molecule has 0 fully saturated rings. The SMILES string of the molecule is O=C(Cc1ccc(F)cc1)Nc1cccc(NC(=O)c2ccco2)c1. The van der Waals surface area contributed by atoms with Crippen LogP contribution in [0.2, 0.25) is 0 Å². The van der Waals surface area contributed by atoms with Crippen molar-refractivity contribution in [3.63, 3.8) is 0 Å². The fraction of sp³-hybridized carbons (Fsp3) is 0.0526. The predicted molar refractivity (Wildman–Crippen MR) is 91.8 cm³/mol. The van der Waals surface area contributed by atoms with Crippen LogP contribution in [0.15, 0.2) is 71.3 Å². The molecular weight excluding hydrogens is 323 g/mol. The van der Waals surface area contributed by atoms with Crippen LogP contribution < -0.4 is 10.6 Å². The highest BCUT2D eigenvalue weighted by Crippen LogP contribution is 2.17. The van der Waals surface area contributed by atoms with E-state index in [1.165, 1.54) is 18.4 Å². The molecule has 0 unspecified atom stereocenters. The first-order chi connectivity index (χ1) is 12.1. The molecule has 2 amide bonds. The standard InChI is InChI=1S/C19H15FN2O3/c20-14-8-6-13(7-9-14)11-18(23)21-15-3-1-4-16(12-15)22-19(24)17-5-2-10-25-17/h1-10,12H,11H2,(H,21,23)(H,22,24). The van der Waals surface area contributed by atoms with Crippen LogP contribution in [-0.4, -0.2) is 11.8 Å². The molecule has 0 saturated heterocycles. The third-order valence-corrected chi connectivity index (χ3v) is 3.43. The van der Waals surface area contributed by atoms with Crippen LogP contribution in [-0.2, 0) is 11.2 Å². The topological polar surface area (TPSA) is 71.3 Å². The average Bonchev–Trinajstić information content (AvgIpc) is 3.12. The Hall–Kier alpha value is -3.41. The Morgan fingerprint density at radius 1 is 0.920 bits per heavy atom. The molecule has 0 aliphatic heterocycles. The first kappa shape index (κ1) is 16.4. The monoisotopic (exact) mass is 338 g/mol. The number of hydrogen-bond acceptors (Lipinski definition) is 3. The van der Waals surface area contributed by atoms with E-state index in [-0.39, 0.29) is 29.8 Å². The van der Waals surface area contributed by atoms with Gasteiger partial charge in [0, 0.05) is 11.4 Å². The maximum absolute atomic E-state index is 12.9. The zero-order chi connectivity index (χ0) is 17.6. The molecule has 0 aliphatic rings. The summed E-state index contributed by atoms with van der Waals surface area (Å²) in [6, 6.07) is 15.7. The average molecular weight is 338 g/mol. The number of carbonyl (C=O) groups excluding carboxylic acids is 2. The number of anilines is 2. The van der Waals surface area contributed by atoms with E-state index in [1.54, 1.807) is 48.5 Å². The number of nitrogens with one attached hydrogen (secondary N) is 2.